The highest BCUT2D eigenvalue weighted by Crippen LogP contribution is 2.35. The van der Waals surface area contributed by atoms with E-state index in [9.17, 15) is 0 Å². The van der Waals surface area contributed by atoms with Crippen LogP contribution in [0.4, 0.5) is 0 Å². The summed E-state index contributed by atoms with van der Waals surface area (Å²) >= 11 is 7.16. The van der Waals surface area contributed by atoms with Gasteiger partial charge in [0.2, 0.25) is 0 Å². The van der Waals surface area contributed by atoms with Crippen LogP contribution in [-0.2, 0) is 11.3 Å². The highest BCUT2D eigenvalue weighted by Gasteiger charge is 2.15. The second-order valence-corrected chi connectivity index (χ2v) is 6.75. The Labute approximate surface area is 137 Å². The van der Waals surface area contributed by atoms with E-state index in [4.69, 9.17) is 9.47 Å². The molecule has 0 bridgehead atoms. The lowest BCUT2D eigenvalue weighted by atomic mass is 10.1. The summed E-state index contributed by atoms with van der Waals surface area (Å²) < 4.78 is 13.5. The minimum atomic E-state index is 0.448. The van der Waals surface area contributed by atoms with Gasteiger partial charge in [0, 0.05) is 13.2 Å². The van der Waals surface area contributed by atoms with Crippen molar-refractivity contribution in [2.75, 3.05) is 20.3 Å². The van der Waals surface area contributed by atoms with Crippen LogP contribution in [0, 0.1) is 0 Å². The summed E-state index contributed by atoms with van der Waals surface area (Å²) in [6.07, 6.45) is 4.97. The first-order valence-corrected chi connectivity index (χ1v) is 8.66. The van der Waals surface area contributed by atoms with Gasteiger partial charge in [0.1, 0.15) is 5.75 Å². The maximum Gasteiger partial charge on any atom is 0.147 e. The smallest absolute Gasteiger partial charge is 0.147 e. The van der Waals surface area contributed by atoms with Gasteiger partial charge < -0.3 is 14.8 Å². The summed E-state index contributed by atoms with van der Waals surface area (Å²) in [7, 11) is 1.94. The molecule has 1 aromatic rings. The maximum absolute atomic E-state index is 5.89. The second kappa shape index (κ2) is 8.37. The van der Waals surface area contributed by atoms with E-state index >= 15 is 0 Å². The van der Waals surface area contributed by atoms with Gasteiger partial charge in [-0.3, -0.25) is 0 Å². The van der Waals surface area contributed by atoms with Crippen LogP contribution in [-0.4, -0.2) is 26.4 Å². The van der Waals surface area contributed by atoms with Gasteiger partial charge in [-0.25, -0.2) is 0 Å². The summed E-state index contributed by atoms with van der Waals surface area (Å²) in [5.74, 6) is 0.886. The van der Waals surface area contributed by atoms with Crippen molar-refractivity contribution in [3.05, 3.63) is 26.6 Å². The molecule has 1 saturated heterocycles. The molecule has 0 aliphatic carbocycles. The van der Waals surface area contributed by atoms with Crippen molar-refractivity contribution in [3.63, 3.8) is 0 Å². The predicted octanol–water partition coefficient (Wildman–Crippen LogP) is 4.27. The van der Waals surface area contributed by atoms with Crippen LogP contribution in [0.2, 0.25) is 0 Å². The van der Waals surface area contributed by atoms with E-state index < -0.39 is 0 Å². The van der Waals surface area contributed by atoms with Gasteiger partial charge >= 0.3 is 0 Å². The first kappa shape index (κ1) is 16.3. The summed E-state index contributed by atoms with van der Waals surface area (Å²) in [4.78, 5) is 0. The molecular weight excluding hydrogens is 386 g/mol. The Kier molecular flexibility index (Phi) is 6.81. The molecule has 0 aromatic heterocycles. The monoisotopic (exact) mass is 405 g/mol. The molecule has 20 heavy (non-hydrogen) atoms. The van der Waals surface area contributed by atoms with Crippen molar-refractivity contribution in [1.29, 1.82) is 0 Å². The summed E-state index contributed by atoms with van der Waals surface area (Å²) in [6, 6.07) is 4.19. The third kappa shape index (κ3) is 4.72. The average molecular weight is 407 g/mol. The summed E-state index contributed by atoms with van der Waals surface area (Å²) in [5.41, 5.74) is 1.22. The van der Waals surface area contributed by atoms with Crippen LogP contribution in [0.25, 0.3) is 0 Å². The Balaban J connectivity index is 1.82. The van der Waals surface area contributed by atoms with Crippen LogP contribution in [0.5, 0.6) is 5.75 Å². The van der Waals surface area contributed by atoms with Crippen LogP contribution in [0.15, 0.2) is 21.1 Å². The molecule has 1 fully saturated rings. The highest BCUT2D eigenvalue weighted by molar-refractivity contribution is 9.11. The topological polar surface area (TPSA) is 30.5 Å². The van der Waals surface area contributed by atoms with Crippen LogP contribution < -0.4 is 10.1 Å². The van der Waals surface area contributed by atoms with Crippen molar-refractivity contribution in [3.8, 4) is 5.75 Å². The lowest BCUT2D eigenvalue weighted by Gasteiger charge is -2.13. The van der Waals surface area contributed by atoms with E-state index in [-0.39, 0.29) is 0 Å². The number of hydrogen-bond donors (Lipinski definition) is 1. The number of halogens is 2. The summed E-state index contributed by atoms with van der Waals surface area (Å²) in [5, 5.41) is 3.15. The number of hydrogen-bond acceptors (Lipinski definition) is 3. The van der Waals surface area contributed by atoms with Crippen molar-refractivity contribution >= 4 is 31.9 Å². The molecular formula is C15H21Br2NO2. The predicted molar refractivity (Wildman–Crippen MR) is 88.3 cm³/mol. The standard InChI is InChI=1S/C15H21Br2NO2/c1-18-10-11-8-13(16)15(14(17)9-11)20-7-3-5-12-4-2-6-19-12/h8-9,12,18H,2-7,10H2,1H3. The lowest BCUT2D eigenvalue weighted by molar-refractivity contribution is 0.0980. The Morgan fingerprint density at radius 1 is 1.35 bits per heavy atom. The van der Waals surface area contributed by atoms with Gasteiger partial charge in [0.25, 0.3) is 0 Å². The zero-order chi connectivity index (χ0) is 14.4. The van der Waals surface area contributed by atoms with E-state index in [0.717, 1.165) is 47.3 Å². The molecule has 1 aromatic carbocycles. The van der Waals surface area contributed by atoms with E-state index in [2.05, 4.69) is 49.3 Å². The molecule has 1 heterocycles. The van der Waals surface area contributed by atoms with Crippen molar-refractivity contribution in [2.24, 2.45) is 0 Å². The number of benzene rings is 1. The molecule has 2 rings (SSSR count). The van der Waals surface area contributed by atoms with Crippen molar-refractivity contribution < 1.29 is 9.47 Å². The molecule has 1 atom stereocenters. The van der Waals surface area contributed by atoms with E-state index in [1.54, 1.807) is 0 Å². The molecule has 0 radical (unpaired) electrons. The largest absolute Gasteiger partial charge is 0.491 e. The fourth-order valence-corrected chi connectivity index (χ4v) is 3.92. The number of nitrogens with one attached hydrogen (secondary N) is 1. The molecule has 1 N–H and O–H groups in total. The highest BCUT2D eigenvalue weighted by atomic mass is 79.9. The third-order valence-electron chi connectivity index (χ3n) is 3.38. The molecule has 1 aliphatic heterocycles. The third-order valence-corrected chi connectivity index (χ3v) is 4.56. The fourth-order valence-electron chi connectivity index (χ4n) is 2.41. The zero-order valence-electron chi connectivity index (χ0n) is 11.8. The Morgan fingerprint density at radius 3 is 2.70 bits per heavy atom. The van der Waals surface area contributed by atoms with Gasteiger partial charge in [0.15, 0.2) is 0 Å². The molecule has 3 nitrogen and oxygen atoms in total. The Morgan fingerprint density at radius 2 is 2.10 bits per heavy atom. The van der Waals surface area contributed by atoms with E-state index in [1.807, 2.05) is 7.05 Å². The quantitative estimate of drug-likeness (QED) is 0.686. The van der Waals surface area contributed by atoms with Gasteiger partial charge in [-0.2, -0.15) is 0 Å². The molecule has 0 spiro atoms. The van der Waals surface area contributed by atoms with Crippen LogP contribution >= 0.6 is 31.9 Å². The lowest BCUT2D eigenvalue weighted by Crippen LogP contribution is -2.08. The molecule has 0 saturated carbocycles. The van der Waals surface area contributed by atoms with Crippen molar-refractivity contribution in [1.82, 2.24) is 5.32 Å². The molecule has 5 heteroatoms. The average Bonchev–Trinajstić information content (AvgIpc) is 2.90. The zero-order valence-corrected chi connectivity index (χ0v) is 14.9. The number of rotatable bonds is 7. The van der Waals surface area contributed by atoms with Gasteiger partial charge in [-0.15, -0.1) is 0 Å². The van der Waals surface area contributed by atoms with E-state index in [0.29, 0.717) is 6.10 Å². The van der Waals surface area contributed by atoms with Gasteiger partial charge in [0.05, 0.1) is 21.7 Å². The van der Waals surface area contributed by atoms with E-state index in [1.165, 1.54) is 18.4 Å². The minimum absolute atomic E-state index is 0.448. The SMILES string of the molecule is CNCc1cc(Br)c(OCCCC2CCCO2)c(Br)c1. The van der Waals surface area contributed by atoms with Gasteiger partial charge in [-0.05, 0) is 82.3 Å². The minimum Gasteiger partial charge on any atom is -0.491 e. The molecule has 0 amide bonds. The van der Waals surface area contributed by atoms with Gasteiger partial charge in [-0.1, -0.05) is 0 Å². The van der Waals surface area contributed by atoms with Crippen LogP contribution in [0.3, 0.4) is 0 Å². The normalized spacial score (nSPS) is 18.4. The molecule has 1 aliphatic rings. The number of ether oxygens (including phenoxy) is 2. The van der Waals surface area contributed by atoms with Crippen molar-refractivity contribution in [2.45, 2.75) is 38.3 Å². The maximum atomic E-state index is 5.89. The summed E-state index contributed by atoms with van der Waals surface area (Å²) in [6.45, 7) is 2.49. The Bertz CT molecular complexity index is 411. The molecule has 112 valence electrons. The fraction of sp³-hybridized carbons (Fsp3) is 0.600. The second-order valence-electron chi connectivity index (χ2n) is 5.04. The first-order valence-electron chi connectivity index (χ1n) is 7.07. The Hall–Kier alpha value is -0.100. The first-order chi connectivity index (χ1) is 9.70. The van der Waals surface area contributed by atoms with Crippen LogP contribution in [0.1, 0.15) is 31.2 Å². The molecule has 1 unspecified atom stereocenters.